The van der Waals surface area contributed by atoms with Crippen LogP contribution in [0.1, 0.15) is 166 Å². The van der Waals surface area contributed by atoms with Crippen molar-refractivity contribution < 1.29 is 120 Å². The van der Waals surface area contributed by atoms with Crippen LogP contribution in [0.2, 0.25) is 0 Å². The molecular formula is C136H118Ir3N6O3-6. The van der Waals surface area contributed by atoms with Gasteiger partial charge in [0.15, 0.2) is 0 Å². The number of pyridine rings is 6. The average molecular weight is 2500 g/mol. The van der Waals surface area contributed by atoms with Crippen LogP contribution in [0.4, 0.5) is 0 Å². The minimum Gasteiger partial charge on any atom is -0.501 e. The quantitative estimate of drug-likeness (QED) is 0.104. The Bertz CT molecular complexity index is 9810. The first-order chi connectivity index (χ1) is 83.7. The second kappa shape index (κ2) is 47.9. The summed E-state index contributed by atoms with van der Waals surface area (Å²) in [6, 6.07) is 118. The van der Waals surface area contributed by atoms with Gasteiger partial charge in [-0.2, -0.15) is 0 Å². The molecule has 9 nitrogen and oxygen atoms in total. The third-order valence-corrected chi connectivity index (χ3v) is 23.8. The maximum absolute atomic E-state index is 8.39. The average Bonchev–Trinajstić information content (AvgIpc) is 1.59. The fourth-order valence-electron chi connectivity index (χ4n) is 16.6. The molecule has 0 saturated carbocycles. The van der Waals surface area contributed by atoms with Crippen molar-refractivity contribution in [2.24, 2.45) is 10.8 Å². The first-order valence-electron chi connectivity index (χ1n) is 63.7. The fraction of sp³-hybridized carbons (Fsp3) is 0.162. The Morgan fingerprint density at radius 3 is 1.05 bits per heavy atom. The zero-order valence-electron chi connectivity index (χ0n) is 116. The maximum Gasteiger partial charge on any atom is 0.128 e. The van der Waals surface area contributed by atoms with E-state index < -0.39 is 92.1 Å². The van der Waals surface area contributed by atoms with Gasteiger partial charge in [-0.05, 0) is 216 Å². The van der Waals surface area contributed by atoms with E-state index in [1.54, 1.807) is 80.0 Å². The van der Waals surface area contributed by atoms with Crippen molar-refractivity contribution in [1.82, 2.24) is 29.9 Å². The van der Waals surface area contributed by atoms with Crippen molar-refractivity contribution in [3.8, 4) is 123 Å². The van der Waals surface area contributed by atoms with E-state index in [1.165, 1.54) is 42.6 Å². The zero-order chi connectivity index (χ0) is 130. The molecule has 0 spiro atoms. The number of hydrogen-bond acceptors (Lipinski definition) is 9. The third-order valence-electron chi connectivity index (χ3n) is 23.8. The van der Waals surface area contributed by atoms with Gasteiger partial charge >= 0.3 is 0 Å². The molecule has 0 aliphatic carbocycles. The molecule has 743 valence electrons. The van der Waals surface area contributed by atoms with E-state index >= 15 is 0 Å². The molecule has 9 aromatic heterocycles. The first kappa shape index (κ1) is 71.0. The van der Waals surface area contributed by atoms with Gasteiger partial charge in [-0.15, -0.1) is 149 Å². The Labute approximate surface area is 959 Å². The van der Waals surface area contributed by atoms with Crippen LogP contribution in [0.25, 0.3) is 189 Å². The van der Waals surface area contributed by atoms with E-state index in [0.717, 1.165) is 101 Å². The minimum atomic E-state index is -2.61. The summed E-state index contributed by atoms with van der Waals surface area (Å²) in [5.41, 5.74) is 19.4. The third kappa shape index (κ3) is 25.4. The number of furan rings is 3. The van der Waals surface area contributed by atoms with Gasteiger partial charge < -0.3 is 43.2 Å². The Balaban J connectivity index is 0.000000158. The number of benzene rings is 14. The molecular weight excluding hydrogens is 2340 g/mol. The van der Waals surface area contributed by atoms with Gasteiger partial charge in [0.2, 0.25) is 0 Å². The second-order valence-corrected chi connectivity index (χ2v) is 36.7. The predicted molar refractivity (Wildman–Crippen MR) is 603 cm³/mol. The molecule has 0 aliphatic rings. The molecule has 0 bridgehead atoms. The summed E-state index contributed by atoms with van der Waals surface area (Å²) in [7, 11) is 0. The van der Waals surface area contributed by atoms with Crippen molar-refractivity contribution in [2.75, 3.05) is 0 Å². The Morgan fingerprint density at radius 1 is 0.257 bits per heavy atom. The standard InChI is InChI=1S/3C25H18NO.C23H24N.C20H18N.C18H22N.3Ir/c1-16-14-23(26-15-17(16)2)22-13-7-12-21-20-11-6-10-19(24(20)27-25(21)22)18-8-4-3-5-9-18;2*1-16-13-23(26-15-17(16)2)21-10-6-9-20-22-14-19(18-7-4-3-5-8-18)11-12-24(22)27-25(20)21;1-17-10-12-20(14-21(17)19-8-6-5-7-9-19)22-13-11-18(16-24-22)15-23(2,3)4;1-14-9-10-18(20-11-15(2)16(3)13-21-20)12-19(14)17-7-5-4-6-8-17;1-13-6-8-15(9-7-13)17-10-14(2)16(12-19-17)11-18(3,4)5;;;/h3-12,14-15H,1-2H3;2*3-9,11-15H,1-2H3;5-11,13-14,16H,15H2,1-4H3;4-9,11-13H,1-3H3;6-8,10,12H,11H2,1-5H3;;;/q6*-1;;;/i3*1D3,2D3;1D3,15D2;1D3,3D3;1D3,11D2;;;. The molecule has 23 rings (SSSR count). The van der Waals surface area contributed by atoms with Crippen LogP contribution in [0, 0.1) is 130 Å². The molecule has 0 fully saturated rings. The van der Waals surface area contributed by atoms with Crippen LogP contribution in [-0.2, 0) is 73.1 Å². The van der Waals surface area contributed by atoms with Gasteiger partial charge in [0, 0.05) is 166 Å². The monoisotopic (exact) mass is 2500 g/mol. The Kier molecular flexibility index (Phi) is 23.0. The summed E-state index contributed by atoms with van der Waals surface area (Å²) >= 11 is 0. The molecule has 14 aromatic carbocycles. The molecule has 0 amide bonds. The number of aryl methyl sites for hydroxylation is 12. The van der Waals surface area contributed by atoms with Crippen molar-refractivity contribution in [1.29, 1.82) is 0 Å². The van der Waals surface area contributed by atoms with Crippen LogP contribution in [-0.4, -0.2) is 29.9 Å². The Morgan fingerprint density at radius 2 is 0.635 bits per heavy atom. The number of fused-ring (bicyclic) bond motifs is 9. The van der Waals surface area contributed by atoms with E-state index in [1.807, 2.05) is 267 Å². The van der Waals surface area contributed by atoms with Gasteiger partial charge in [0.1, 0.15) is 16.7 Å². The van der Waals surface area contributed by atoms with E-state index in [4.69, 9.17) is 59.9 Å². The minimum absolute atomic E-state index is 0. The molecule has 3 radical (unpaired) electrons. The maximum atomic E-state index is 8.39. The van der Waals surface area contributed by atoms with Gasteiger partial charge in [-0.25, -0.2) is 0 Å². The van der Waals surface area contributed by atoms with Crippen molar-refractivity contribution in [3.63, 3.8) is 0 Å². The summed E-state index contributed by atoms with van der Waals surface area (Å²) in [4.78, 5) is 25.9. The number of aromatic nitrogens is 6. The largest absolute Gasteiger partial charge is 0.501 e. The van der Waals surface area contributed by atoms with Gasteiger partial charge in [0.05, 0.1) is 16.7 Å². The van der Waals surface area contributed by atoms with Crippen molar-refractivity contribution >= 4 is 65.8 Å². The molecule has 23 aromatic rings. The SMILES string of the molecule is [2H]C([2H])([2H])c1c[c-]c(-c2cc(C)c(C([2H])([2H])C(C)(C)C)cn2)cc1.[2H]C([2H])([2H])c1c[c-]c(-c2ccc(C([2H])([2H])C(C)(C)C)cn2)cc1-c1ccccc1.[2H]C([2H])([2H])c1cnc(-c2[c-]cc(C([2H])([2H])[2H])c(-c3ccccc3)c2)cc1C.[2H]C([2H])([2H])c1cnc(-c2[c-]ccc3c2oc2c(-c4ccccc4)cccc23)cc1C([2H])([2H])[2H].[2H]C([2H])([2H])c1cnc(-c2[c-]ccc3c2oc2ccc(-c4ccccc4)cc23)cc1C([2H])([2H])[2H].[2H]C([2H])([2H])c1cnc(-c2[c-]ccc3c2oc2ccc(-c4ccccc4)cc23)cc1C([2H])([2H])[2H].[Ir].[Ir].[Ir]. The topological polar surface area (TPSA) is 117 Å². The predicted octanol–water partition coefficient (Wildman–Crippen LogP) is 36.2. The number of nitrogens with zero attached hydrogens (tertiary/aromatic N) is 6. The number of para-hydroxylation sites is 1. The van der Waals surface area contributed by atoms with Crippen molar-refractivity contribution in [3.05, 3.63) is 479 Å². The van der Waals surface area contributed by atoms with Crippen LogP contribution in [0.5, 0.6) is 0 Å². The van der Waals surface area contributed by atoms with Crippen molar-refractivity contribution in [2.45, 2.75) is 137 Å². The molecule has 0 unspecified atom stereocenters. The zero-order valence-corrected chi connectivity index (χ0v) is 88.7. The smallest absolute Gasteiger partial charge is 0.128 e. The number of rotatable bonds is 13. The van der Waals surface area contributed by atoms with Gasteiger partial charge in [-0.1, -0.05) is 358 Å². The molecule has 9 heterocycles. The van der Waals surface area contributed by atoms with E-state index in [2.05, 4.69) is 78.4 Å². The summed E-state index contributed by atoms with van der Waals surface area (Å²) < 4.78 is 284. The molecule has 12 heteroatoms. The number of hydrogen-bond donors (Lipinski definition) is 0. The first-order valence-corrected chi connectivity index (χ1v) is 46.7. The summed E-state index contributed by atoms with van der Waals surface area (Å²) in [6.45, 7) is -9.72. The van der Waals surface area contributed by atoms with Gasteiger partial charge in [0.25, 0.3) is 0 Å². The van der Waals surface area contributed by atoms with Gasteiger partial charge in [-0.3, -0.25) is 0 Å². The van der Waals surface area contributed by atoms with E-state index in [9.17, 15) is 0 Å². The van der Waals surface area contributed by atoms with Crippen LogP contribution in [0.15, 0.2) is 378 Å². The summed E-state index contributed by atoms with van der Waals surface area (Å²) in [5, 5.41) is 5.27. The van der Waals surface area contributed by atoms with E-state index in [-0.39, 0.29) is 116 Å². The fourth-order valence-corrected chi connectivity index (χ4v) is 16.6. The molecule has 0 saturated heterocycles. The van der Waals surface area contributed by atoms with Crippen LogP contribution < -0.4 is 0 Å². The normalized spacial score (nSPS) is 15.5. The second-order valence-electron chi connectivity index (χ2n) is 36.7. The van der Waals surface area contributed by atoms with E-state index in [0.29, 0.717) is 129 Å². The Hall–Kier alpha value is -14.7. The molecule has 148 heavy (non-hydrogen) atoms. The molecule has 0 aliphatic heterocycles. The molecule has 0 N–H and O–H groups in total. The summed E-state index contributed by atoms with van der Waals surface area (Å²) in [5.74, 6) is 0. The summed E-state index contributed by atoms with van der Waals surface area (Å²) in [6.07, 6.45) is 4.80. The molecule has 0 atom stereocenters. The van der Waals surface area contributed by atoms with Crippen LogP contribution >= 0.6 is 0 Å². The van der Waals surface area contributed by atoms with Crippen LogP contribution in [0.3, 0.4) is 0 Å².